The van der Waals surface area contributed by atoms with Gasteiger partial charge in [0.15, 0.2) is 0 Å². The molecule has 0 N–H and O–H groups in total. The highest BCUT2D eigenvalue weighted by molar-refractivity contribution is 5.51. The van der Waals surface area contributed by atoms with Crippen molar-refractivity contribution in [1.82, 2.24) is 0 Å². The first-order chi connectivity index (χ1) is 5.36. The van der Waals surface area contributed by atoms with Gasteiger partial charge in [-0.15, -0.1) is 5.73 Å². The minimum atomic E-state index is 1.07. The van der Waals surface area contributed by atoms with E-state index in [-0.39, 0.29) is 0 Å². The maximum absolute atomic E-state index is 3.19. The Bertz CT molecular complexity index is 329. The Morgan fingerprint density at radius 2 is 2.36 bits per heavy atom. The van der Waals surface area contributed by atoms with Crippen LogP contribution in [0.25, 0.3) is 0 Å². The highest BCUT2D eigenvalue weighted by atomic mass is 14.1. The molecule has 0 aromatic carbocycles. The van der Waals surface area contributed by atoms with Crippen molar-refractivity contribution in [3.8, 4) is 0 Å². The maximum Gasteiger partial charge on any atom is -0.00878 e. The summed E-state index contributed by atoms with van der Waals surface area (Å²) in [4.78, 5) is 0. The molecule has 0 aromatic heterocycles. The largest absolute Gasteiger partial charge is 0.117 e. The van der Waals surface area contributed by atoms with Crippen molar-refractivity contribution in [1.29, 1.82) is 0 Å². The van der Waals surface area contributed by atoms with E-state index in [9.17, 15) is 0 Å². The SMILES string of the molecule is CC1=C=CC2=CC=CCC2=C1. The molecule has 0 fully saturated rings. The fourth-order valence-electron chi connectivity index (χ4n) is 1.37. The Morgan fingerprint density at radius 1 is 1.45 bits per heavy atom. The van der Waals surface area contributed by atoms with E-state index in [1.807, 2.05) is 0 Å². The summed E-state index contributed by atoms with van der Waals surface area (Å²) in [6.07, 6.45) is 11.8. The van der Waals surface area contributed by atoms with Crippen molar-refractivity contribution in [3.63, 3.8) is 0 Å². The fourth-order valence-corrected chi connectivity index (χ4v) is 1.37. The van der Waals surface area contributed by atoms with Crippen molar-refractivity contribution in [2.75, 3.05) is 0 Å². The number of hydrogen-bond acceptors (Lipinski definition) is 0. The average molecular weight is 142 g/mol. The second-order valence-electron chi connectivity index (χ2n) is 2.90. The third kappa shape index (κ3) is 1.13. The monoisotopic (exact) mass is 142 g/mol. The molecule has 0 saturated carbocycles. The van der Waals surface area contributed by atoms with Gasteiger partial charge in [-0.1, -0.05) is 18.2 Å². The van der Waals surface area contributed by atoms with Crippen LogP contribution in [0.3, 0.4) is 0 Å². The Morgan fingerprint density at radius 3 is 3.27 bits per heavy atom. The molecule has 0 bridgehead atoms. The van der Waals surface area contributed by atoms with Gasteiger partial charge in [0.1, 0.15) is 0 Å². The molecule has 0 spiro atoms. The lowest BCUT2D eigenvalue weighted by atomic mass is 9.93. The molecule has 0 amide bonds. The van der Waals surface area contributed by atoms with E-state index in [0.717, 1.165) is 6.42 Å². The lowest BCUT2D eigenvalue weighted by Crippen LogP contribution is -1.92. The van der Waals surface area contributed by atoms with Crippen molar-refractivity contribution >= 4 is 0 Å². The molecule has 0 heterocycles. The van der Waals surface area contributed by atoms with E-state index >= 15 is 0 Å². The van der Waals surface area contributed by atoms with Crippen LogP contribution in [0.1, 0.15) is 13.3 Å². The van der Waals surface area contributed by atoms with Crippen LogP contribution in [0.4, 0.5) is 0 Å². The number of allylic oxidation sites excluding steroid dienone is 7. The number of hydrogen-bond donors (Lipinski definition) is 0. The van der Waals surface area contributed by atoms with Gasteiger partial charge in [0.25, 0.3) is 0 Å². The summed E-state index contributed by atoms with van der Waals surface area (Å²) in [7, 11) is 0. The molecule has 11 heavy (non-hydrogen) atoms. The predicted molar refractivity (Wildman–Crippen MR) is 47.2 cm³/mol. The molecule has 0 nitrogen and oxygen atoms in total. The van der Waals surface area contributed by atoms with E-state index < -0.39 is 0 Å². The Balaban J connectivity index is 2.51. The van der Waals surface area contributed by atoms with Crippen LogP contribution in [-0.4, -0.2) is 0 Å². The second kappa shape index (κ2) is 2.41. The van der Waals surface area contributed by atoms with Gasteiger partial charge in [0.05, 0.1) is 0 Å². The van der Waals surface area contributed by atoms with Crippen molar-refractivity contribution in [3.05, 3.63) is 52.8 Å². The molecular formula is C11H10. The molecule has 2 aliphatic rings. The first-order valence-corrected chi connectivity index (χ1v) is 3.87. The lowest BCUT2D eigenvalue weighted by Gasteiger charge is -2.11. The van der Waals surface area contributed by atoms with E-state index in [1.165, 1.54) is 16.7 Å². The van der Waals surface area contributed by atoms with Gasteiger partial charge in [-0.25, -0.2) is 0 Å². The molecule has 54 valence electrons. The van der Waals surface area contributed by atoms with Crippen LogP contribution < -0.4 is 0 Å². The molecule has 0 saturated heterocycles. The Kier molecular flexibility index (Phi) is 1.41. The summed E-state index contributed by atoms with van der Waals surface area (Å²) in [5, 5.41) is 0. The van der Waals surface area contributed by atoms with E-state index in [2.05, 4.69) is 43.0 Å². The first kappa shape index (κ1) is 6.45. The molecule has 0 heteroatoms. The smallest absolute Gasteiger partial charge is 0.00878 e. The Labute approximate surface area is 66.9 Å². The summed E-state index contributed by atoms with van der Waals surface area (Å²) in [5.41, 5.74) is 7.16. The van der Waals surface area contributed by atoms with Gasteiger partial charge in [0, 0.05) is 0 Å². The Hall–Kier alpha value is -1.26. The van der Waals surface area contributed by atoms with Gasteiger partial charge in [0.2, 0.25) is 0 Å². The van der Waals surface area contributed by atoms with Gasteiger partial charge in [-0.05, 0) is 42.2 Å². The fraction of sp³-hybridized carbons (Fsp3) is 0.182. The molecule has 0 unspecified atom stereocenters. The van der Waals surface area contributed by atoms with Gasteiger partial charge in [-0.2, -0.15) is 0 Å². The number of rotatable bonds is 0. The van der Waals surface area contributed by atoms with Crippen LogP contribution in [0.5, 0.6) is 0 Å². The minimum Gasteiger partial charge on any atom is -0.117 e. The van der Waals surface area contributed by atoms with Crippen molar-refractivity contribution in [2.45, 2.75) is 13.3 Å². The third-order valence-corrected chi connectivity index (χ3v) is 1.97. The summed E-state index contributed by atoms with van der Waals surface area (Å²) < 4.78 is 0. The summed E-state index contributed by atoms with van der Waals surface area (Å²) in [6, 6.07) is 0. The van der Waals surface area contributed by atoms with Crippen LogP contribution in [-0.2, 0) is 0 Å². The van der Waals surface area contributed by atoms with Gasteiger partial charge < -0.3 is 0 Å². The zero-order valence-electron chi connectivity index (χ0n) is 6.59. The van der Waals surface area contributed by atoms with Crippen molar-refractivity contribution < 1.29 is 0 Å². The molecule has 2 aliphatic carbocycles. The average Bonchev–Trinajstić information content (AvgIpc) is 2.04. The second-order valence-corrected chi connectivity index (χ2v) is 2.90. The highest BCUT2D eigenvalue weighted by Gasteiger charge is 2.05. The van der Waals surface area contributed by atoms with Gasteiger partial charge in [-0.3, -0.25) is 0 Å². The van der Waals surface area contributed by atoms with E-state index in [0.29, 0.717) is 0 Å². The molecular weight excluding hydrogens is 132 g/mol. The zero-order chi connectivity index (χ0) is 7.68. The molecule has 0 atom stereocenters. The lowest BCUT2D eigenvalue weighted by molar-refractivity contribution is 1.20. The standard InChI is InChI=1S/C11H10/c1-9-6-7-10-4-2-3-5-11(10)8-9/h2-4,7-8H,5H2,1H3. The highest BCUT2D eigenvalue weighted by Crippen LogP contribution is 2.24. The van der Waals surface area contributed by atoms with E-state index in [4.69, 9.17) is 0 Å². The zero-order valence-corrected chi connectivity index (χ0v) is 6.59. The van der Waals surface area contributed by atoms with Crippen LogP contribution in [0, 0.1) is 0 Å². The van der Waals surface area contributed by atoms with Crippen LogP contribution >= 0.6 is 0 Å². The van der Waals surface area contributed by atoms with Crippen LogP contribution in [0.2, 0.25) is 0 Å². The minimum absolute atomic E-state index is 1.07. The topological polar surface area (TPSA) is 0 Å². The molecule has 2 rings (SSSR count). The molecule has 0 aliphatic heterocycles. The normalized spacial score (nSPS) is 20.3. The molecule has 0 aromatic rings. The summed E-state index contributed by atoms with van der Waals surface area (Å²) >= 11 is 0. The maximum atomic E-state index is 3.19. The third-order valence-electron chi connectivity index (χ3n) is 1.97. The quantitative estimate of drug-likeness (QED) is 0.456. The van der Waals surface area contributed by atoms with Crippen LogP contribution in [0.15, 0.2) is 52.8 Å². The van der Waals surface area contributed by atoms with Crippen molar-refractivity contribution in [2.24, 2.45) is 0 Å². The molecule has 0 radical (unpaired) electrons. The summed E-state index contributed by atoms with van der Waals surface area (Å²) in [6.45, 7) is 2.08. The predicted octanol–water partition coefficient (Wildman–Crippen LogP) is 2.91. The van der Waals surface area contributed by atoms with E-state index in [1.54, 1.807) is 0 Å². The summed E-state index contributed by atoms with van der Waals surface area (Å²) in [5.74, 6) is 0. The van der Waals surface area contributed by atoms with Gasteiger partial charge >= 0.3 is 0 Å². The first-order valence-electron chi connectivity index (χ1n) is 3.87. The number of fused-ring (bicyclic) bond motifs is 1.